The highest BCUT2D eigenvalue weighted by molar-refractivity contribution is 7.13. The first kappa shape index (κ1) is 23.0. The van der Waals surface area contributed by atoms with Gasteiger partial charge in [-0.15, -0.1) is 11.3 Å². The zero-order valence-corrected chi connectivity index (χ0v) is 20.7. The van der Waals surface area contributed by atoms with Crippen LogP contribution in [0.2, 0.25) is 0 Å². The third kappa shape index (κ3) is 5.05. The summed E-state index contributed by atoms with van der Waals surface area (Å²) in [5.41, 5.74) is 6.51. The van der Waals surface area contributed by atoms with Gasteiger partial charge in [0.15, 0.2) is 0 Å². The Morgan fingerprint density at radius 2 is 2.09 bits per heavy atom. The summed E-state index contributed by atoms with van der Waals surface area (Å²) in [6.45, 7) is 7.14. The molecule has 3 aromatic heterocycles. The van der Waals surface area contributed by atoms with Crippen LogP contribution in [0.5, 0.6) is 0 Å². The van der Waals surface area contributed by atoms with Gasteiger partial charge >= 0.3 is 6.03 Å². The van der Waals surface area contributed by atoms with Crippen molar-refractivity contribution in [2.45, 2.75) is 32.7 Å². The monoisotopic (exact) mass is 490 g/mol. The van der Waals surface area contributed by atoms with Crippen LogP contribution in [-0.2, 0) is 0 Å². The zero-order chi connectivity index (χ0) is 24.6. The van der Waals surface area contributed by atoms with Crippen LogP contribution in [0.1, 0.15) is 32.9 Å². The smallest absolute Gasteiger partial charge is 0.318 e. The number of nitrogens with zero attached hydrogens (tertiary/aromatic N) is 3. The van der Waals surface area contributed by atoms with Crippen molar-refractivity contribution in [2.24, 2.45) is 0 Å². The molecule has 0 unspecified atom stereocenters. The standard InChI is InChI=1S/C26H27FN6OS/c1-26(2,3)32-25(34)33-10-7-16(8-11-33)22-13-19-21(6-9-29-24(19)31-22)30-17-4-5-20(27)18(12-17)23-14-28-15-35-23/h4-7,9,12-15H,8,10-11H2,1-3H3,(H,32,34)(H2,29,30,31). The number of aromatic amines is 1. The first-order valence-corrected chi connectivity index (χ1v) is 12.3. The molecule has 0 spiro atoms. The number of aromatic nitrogens is 3. The van der Waals surface area contributed by atoms with Crippen molar-refractivity contribution in [2.75, 3.05) is 18.4 Å². The van der Waals surface area contributed by atoms with E-state index in [1.165, 1.54) is 17.4 Å². The highest BCUT2D eigenvalue weighted by Gasteiger charge is 2.22. The average molecular weight is 491 g/mol. The summed E-state index contributed by atoms with van der Waals surface area (Å²) in [7, 11) is 0. The van der Waals surface area contributed by atoms with Crippen LogP contribution in [0, 0.1) is 5.82 Å². The van der Waals surface area contributed by atoms with Crippen molar-refractivity contribution >= 4 is 45.3 Å². The maximum atomic E-state index is 14.4. The Kier molecular flexibility index (Phi) is 6.02. The predicted molar refractivity (Wildman–Crippen MR) is 139 cm³/mol. The minimum atomic E-state index is -0.280. The van der Waals surface area contributed by atoms with Crippen LogP contribution in [0.3, 0.4) is 0 Å². The molecule has 5 rings (SSSR count). The number of carbonyl (C=O) groups excluding carboxylic acids is 1. The van der Waals surface area contributed by atoms with Gasteiger partial charge in [0.05, 0.1) is 16.1 Å². The van der Waals surface area contributed by atoms with E-state index >= 15 is 0 Å². The van der Waals surface area contributed by atoms with E-state index in [9.17, 15) is 9.18 Å². The fourth-order valence-electron chi connectivity index (χ4n) is 4.10. The van der Waals surface area contributed by atoms with Crippen molar-refractivity contribution in [3.05, 3.63) is 65.8 Å². The van der Waals surface area contributed by atoms with Crippen LogP contribution < -0.4 is 10.6 Å². The number of thiazole rings is 1. The Hall–Kier alpha value is -3.72. The van der Waals surface area contributed by atoms with Gasteiger partial charge in [0.1, 0.15) is 11.5 Å². The Balaban J connectivity index is 1.37. The van der Waals surface area contributed by atoms with Gasteiger partial charge in [-0.1, -0.05) is 6.08 Å². The molecule has 2 amide bonds. The summed E-state index contributed by atoms with van der Waals surface area (Å²) < 4.78 is 14.4. The minimum absolute atomic E-state index is 0.0467. The SMILES string of the molecule is CC(C)(C)NC(=O)N1CC=C(c2cc3c(Nc4ccc(F)c(-c5cncs5)c4)ccnc3[nH]2)CC1. The molecule has 9 heteroatoms. The van der Waals surface area contributed by atoms with Crippen molar-refractivity contribution in [3.8, 4) is 10.4 Å². The maximum absolute atomic E-state index is 14.4. The number of hydrogen-bond acceptors (Lipinski definition) is 5. The normalized spacial score (nSPS) is 14.2. The van der Waals surface area contributed by atoms with E-state index in [0.717, 1.165) is 45.0 Å². The van der Waals surface area contributed by atoms with Crippen molar-refractivity contribution in [3.63, 3.8) is 0 Å². The number of nitrogens with one attached hydrogen (secondary N) is 3. The van der Waals surface area contributed by atoms with Crippen molar-refractivity contribution in [1.29, 1.82) is 0 Å². The summed E-state index contributed by atoms with van der Waals surface area (Å²) in [6, 6.07) is 8.92. The highest BCUT2D eigenvalue weighted by Crippen LogP contribution is 2.33. The molecule has 0 saturated heterocycles. The van der Waals surface area contributed by atoms with Gasteiger partial charge in [-0.05, 0) is 63.1 Å². The van der Waals surface area contributed by atoms with E-state index in [2.05, 4.69) is 37.7 Å². The lowest BCUT2D eigenvalue weighted by molar-refractivity contribution is 0.193. The number of benzene rings is 1. The number of H-pyrrole nitrogens is 1. The van der Waals surface area contributed by atoms with E-state index < -0.39 is 0 Å². The Morgan fingerprint density at radius 3 is 2.80 bits per heavy atom. The molecule has 180 valence electrons. The van der Waals surface area contributed by atoms with E-state index in [0.29, 0.717) is 18.7 Å². The quantitative estimate of drug-likeness (QED) is 0.319. The van der Waals surface area contributed by atoms with Crippen molar-refractivity contribution < 1.29 is 9.18 Å². The second-order valence-electron chi connectivity index (χ2n) is 9.59. The molecular weight excluding hydrogens is 463 g/mol. The van der Waals surface area contributed by atoms with Crippen LogP contribution in [-0.4, -0.2) is 44.5 Å². The molecule has 0 atom stereocenters. The molecule has 35 heavy (non-hydrogen) atoms. The lowest BCUT2D eigenvalue weighted by atomic mass is 10.0. The van der Waals surface area contributed by atoms with Gasteiger partial charge in [0, 0.05) is 53.4 Å². The Bertz CT molecular complexity index is 1400. The van der Waals surface area contributed by atoms with Crippen LogP contribution in [0.15, 0.2) is 54.3 Å². The molecule has 7 nitrogen and oxygen atoms in total. The molecule has 4 heterocycles. The second kappa shape index (κ2) is 9.14. The Morgan fingerprint density at radius 1 is 1.23 bits per heavy atom. The molecule has 4 aromatic rings. The lowest BCUT2D eigenvalue weighted by Gasteiger charge is -2.30. The number of amides is 2. The average Bonchev–Trinajstić information content (AvgIpc) is 3.50. The first-order valence-electron chi connectivity index (χ1n) is 11.5. The predicted octanol–water partition coefficient (Wildman–Crippen LogP) is 6.17. The largest absolute Gasteiger partial charge is 0.355 e. The van der Waals surface area contributed by atoms with Crippen LogP contribution in [0.4, 0.5) is 20.6 Å². The third-order valence-electron chi connectivity index (χ3n) is 5.80. The molecule has 1 aliphatic heterocycles. The number of anilines is 2. The molecule has 1 aromatic carbocycles. The number of halogens is 1. The first-order chi connectivity index (χ1) is 16.8. The second-order valence-corrected chi connectivity index (χ2v) is 10.5. The highest BCUT2D eigenvalue weighted by atomic mass is 32.1. The molecule has 3 N–H and O–H groups in total. The zero-order valence-electron chi connectivity index (χ0n) is 19.9. The van der Waals surface area contributed by atoms with Gasteiger partial charge in [0.25, 0.3) is 0 Å². The van der Waals surface area contributed by atoms with Gasteiger partial charge < -0.3 is 20.5 Å². The van der Waals surface area contributed by atoms with E-state index in [-0.39, 0.29) is 17.4 Å². The summed E-state index contributed by atoms with van der Waals surface area (Å²) in [6.07, 6.45) is 6.25. The van der Waals surface area contributed by atoms with Gasteiger partial charge in [-0.25, -0.2) is 14.2 Å². The van der Waals surface area contributed by atoms with Crippen molar-refractivity contribution in [1.82, 2.24) is 25.2 Å². The number of carbonyl (C=O) groups is 1. The molecule has 0 fully saturated rings. The van der Waals surface area contributed by atoms with Crippen LogP contribution in [0.25, 0.3) is 27.0 Å². The minimum Gasteiger partial charge on any atom is -0.355 e. The number of rotatable bonds is 4. The molecule has 1 aliphatic rings. The number of pyridine rings is 1. The number of hydrogen-bond donors (Lipinski definition) is 3. The van der Waals surface area contributed by atoms with Gasteiger partial charge in [0.2, 0.25) is 0 Å². The van der Waals surface area contributed by atoms with E-state index in [1.807, 2.05) is 31.7 Å². The molecule has 0 aliphatic carbocycles. The van der Waals surface area contributed by atoms with Crippen LogP contribution >= 0.6 is 11.3 Å². The third-order valence-corrected chi connectivity index (χ3v) is 6.61. The van der Waals surface area contributed by atoms with Gasteiger partial charge in [-0.2, -0.15) is 0 Å². The van der Waals surface area contributed by atoms with E-state index in [4.69, 9.17) is 0 Å². The maximum Gasteiger partial charge on any atom is 0.318 e. The Labute approximate surface area is 207 Å². The molecule has 0 saturated carbocycles. The molecular formula is C26H27FN6OS. The summed E-state index contributed by atoms with van der Waals surface area (Å²) in [5, 5.41) is 7.37. The summed E-state index contributed by atoms with van der Waals surface area (Å²) >= 11 is 1.40. The summed E-state index contributed by atoms with van der Waals surface area (Å²) in [4.78, 5) is 27.0. The topological polar surface area (TPSA) is 85.9 Å². The fourth-order valence-corrected chi connectivity index (χ4v) is 4.74. The summed E-state index contributed by atoms with van der Waals surface area (Å²) in [5.74, 6) is -0.280. The number of urea groups is 1. The molecule has 0 radical (unpaired) electrons. The molecule has 0 bridgehead atoms. The van der Waals surface area contributed by atoms with E-state index in [1.54, 1.807) is 30.0 Å². The van der Waals surface area contributed by atoms with Gasteiger partial charge in [-0.3, -0.25) is 4.98 Å². The number of fused-ring (bicyclic) bond motifs is 1. The lowest BCUT2D eigenvalue weighted by Crippen LogP contribution is -2.49. The fraction of sp³-hybridized carbons (Fsp3) is 0.269.